The number of allylic oxidation sites excluding steroid dienone is 3. The van der Waals surface area contributed by atoms with Crippen molar-refractivity contribution in [2.24, 2.45) is 0 Å². The van der Waals surface area contributed by atoms with Gasteiger partial charge < -0.3 is 4.74 Å². The van der Waals surface area contributed by atoms with E-state index in [4.69, 9.17) is 0 Å². The Labute approximate surface area is 123 Å². The molecule has 108 valence electrons. The largest absolute Gasteiger partial charge is 0.434 e. The molecule has 0 aromatic rings. The van der Waals surface area contributed by atoms with E-state index in [0.717, 1.165) is 12.8 Å². The van der Waals surface area contributed by atoms with Gasteiger partial charge in [0.1, 0.15) is 6.26 Å². The zero-order valence-corrected chi connectivity index (χ0v) is 12.6. The fourth-order valence-corrected chi connectivity index (χ4v) is 1.46. The maximum atomic E-state index is 10.4. The quantitative estimate of drug-likeness (QED) is 0.215. The number of carbonyl (C=O) groups is 1. The minimum absolute atomic E-state index is 0.353. The molecule has 0 aromatic heterocycles. The molecule has 2 heteroatoms. The molecule has 0 aliphatic rings. The fourth-order valence-electron chi connectivity index (χ4n) is 1.46. The zero-order chi connectivity index (χ0) is 14.9. The Kier molecular flexibility index (Phi) is 13.7. The van der Waals surface area contributed by atoms with Crippen LogP contribution in [0.4, 0.5) is 0 Å². The van der Waals surface area contributed by atoms with Crippen molar-refractivity contribution in [1.82, 2.24) is 0 Å². The van der Waals surface area contributed by atoms with Crippen LogP contribution >= 0.6 is 0 Å². The summed E-state index contributed by atoms with van der Waals surface area (Å²) in [5.74, 6) is 10.7. The van der Waals surface area contributed by atoms with Crippen molar-refractivity contribution in [2.75, 3.05) is 0 Å². The maximum absolute atomic E-state index is 10.4. The van der Waals surface area contributed by atoms with Crippen molar-refractivity contribution in [3.63, 3.8) is 0 Å². The van der Waals surface area contributed by atoms with Crippen LogP contribution in [0.1, 0.15) is 58.8 Å². The lowest BCUT2D eigenvalue weighted by Gasteiger charge is -1.95. The molecular weight excluding hydrogens is 248 g/mol. The summed E-state index contributed by atoms with van der Waals surface area (Å²) >= 11 is 0. The minimum atomic E-state index is -0.353. The van der Waals surface area contributed by atoms with E-state index in [2.05, 4.69) is 47.5 Å². The molecule has 0 bridgehead atoms. The predicted molar refractivity (Wildman–Crippen MR) is 83.6 cm³/mol. The third kappa shape index (κ3) is 16.1. The molecule has 0 aliphatic carbocycles. The number of ether oxygens (including phenoxy) is 1. The summed E-state index contributed by atoms with van der Waals surface area (Å²) in [7, 11) is 0. The molecule has 0 fully saturated rings. The van der Waals surface area contributed by atoms with Crippen LogP contribution in [0.3, 0.4) is 0 Å². The Hall–Kier alpha value is -1.93. The lowest BCUT2D eigenvalue weighted by molar-refractivity contribution is -0.135. The van der Waals surface area contributed by atoms with Crippen LogP contribution in [0.25, 0.3) is 0 Å². The number of hydrogen-bond acceptors (Lipinski definition) is 2. The lowest BCUT2D eigenvalue weighted by atomic mass is 10.1. The molecule has 20 heavy (non-hydrogen) atoms. The van der Waals surface area contributed by atoms with E-state index in [9.17, 15) is 4.79 Å². The van der Waals surface area contributed by atoms with Crippen molar-refractivity contribution in [2.45, 2.75) is 58.8 Å². The first-order valence-corrected chi connectivity index (χ1v) is 7.23. The predicted octanol–water partition coefficient (Wildman–Crippen LogP) is 4.38. The zero-order valence-electron chi connectivity index (χ0n) is 12.6. The van der Waals surface area contributed by atoms with E-state index in [1.165, 1.54) is 51.4 Å². The second kappa shape index (κ2) is 15.1. The van der Waals surface area contributed by atoms with E-state index in [1.807, 2.05) is 0 Å². The molecular formula is C18H24O2. The molecule has 0 N–H and O–H groups in total. The van der Waals surface area contributed by atoms with Crippen LogP contribution in [0.5, 0.6) is 0 Å². The highest BCUT2D eigenvalue weighted by Crippen LogP contribution is 2.05. The highest BCUT2D eigenvalue weighted by molar-refractivity contribution is 5.66. The van der Waals surface area contributed by atoms with Crippen LogP contribution in [-0.2, 0) is 9.53 Å². The molecule has 0 radical (unpaired) electrons. The van der Waals surface area contributed by atoms with Crippen LogP contribution in [-0.4, -0.2) is 5.97 Å². The standard InChI is InChI=1S/C18H24O2/c1-3-4-5-6-7-8-9-10-11-12-13-14-15-16-17-20-18(2)19/h9-10,16-17H,3-8,11H2,1-2H3. The fraction of sp³-hybridized carbons (Fsp3) is 0.500. The Morgan fingerprint density at radius 2 is 1.90 bits per heavy atom. The van der Waals surface area contributed by atoms with Crippen molar-refractivity contribution < 1.29 is 9.53 Å². The van der Waals surface area contributed by atoms with E-state index < -0.39 is 0 Å². The van der Waals surface area contributed by atoms with Gasteiger partial charge >= 0.3 is 5.97 Å². The Balaban J connectivity index is 3.55. The first kappa shape index (κ1) is 18.1. The molecule has 0 rings (SSSR count). The summed E-state index contributed by atoms with van der Waals surface area (Å²) in [6.07, 6.45) is 15.5. The van der Waals surface area contributed by atoms with Crippen molar-refractivity contribution in [3.8, 4) is 23.7 Å². The van der Waals surface area contributed by atoms with Gasteiger partial charge in [-0.1, -0.05) is 56.6 Å². The number of esters is 1. The second-order valence-corrected chi connectivity index (χ2v) is 4.36. The third-order valence-corrected chi connectivity index (χ3v) is 2.47. The van der Waals surface area contributed by atoms with Gasteiger partial charge in [0.05, 0.1) is 0 Å². The number of carbonyl (C=O) groups excluding carboxylic acids is 1. The van der Waals surface area contributed by atoms with Crippen LogP contribution in [0.2, 0.25) is 0 Å². The van der Waals surface area contributed by atoms with Gasteiger partial charge in [0.2, 0.25) is 0 Å². The van der Waals surface area contributed by atoms with Gasteiger partial charge in [-0.15, -0.1) is 0 Å². The summed E-state index contributed by atoms with van der Waals surface area (Å²) in [6, 6.07) is 0. The van der Waals surface area contributed by atoms with Gasteiger partial charge in [-0.2, -0.15) is 0 Å². The van der Waals surface area contributed by atoms with E-state index in [1.54, 1.807) is 0 Å². The Morgan fingerprint density at radius 3 is 2.65 bits per heavy atom. The monoisotopic (exact) mass is 272 g/mol. The van der Waals surface area contributed by atoms with Crippen molar-refractivity contribution in [1.29, 1.82) is 0 Å². The third-order valence-electron chi connectivity index (χ3n) is 2.47. The molecule has 0 saturated carbocycles. The molecule has 0 saturated heterocycles. The molecule has 0 aromatic carbocycles. The summed E-state index contributed by atoms with van der Waals surface area (Å²) in [5, 5.41) is 0. The highest BCUT2D eigenvalue weighted by atomic mass is 16.5. The summed E-state index contributed by atoms with van der Waals surface area (Å²) in [6.45, 7) is 3.57. The van der Waals surface area contributed by atoms with E-state index in [-0.39, 0.29) is 5.97 Å². The number of unbranched alkanes of at least 4 members (excludes halogenated alkanes) is 5. The van der Waals surface area contributed by atoms with Crippen molar-refractivity contribution >= 4 is 5.97 Å². The van der Waals surface area contributed by atoms with Crippen molar-refractivity contribution in [3.05, 3.63) is 24.5 Å². The van der Waals surface area contributed by atoms with Gasteiger partial charge in [-0.25, -0.2) is 0 Å². The molecule has 0 spiro atoms. The summed E-state index contributed by atoms with van der Waals surface area (Å²) < 4.78 is 4.57. The van der Waals surface area contributed by atoms with Crippen LogP contribution in [0, 0.1) is 23.7 Å². The maximum Gasteiger partial charge on any atom is 0.307 e. The normalized spacial score (nSPS) is 9.90. The summed E-state index contributed by atoms with van der Waals surface area (Å²) in [4.78, 5) is 10.4. The number of rotatable bonds is 8. The topological polar surface area (TPSA) is 26.3 Å². The van der Waals surface area contributed by atoms with Gasteiger partial charge in [0.15, 0.2) is 0 Å². The first-order chi connectivity index (χ1) is 9.77. The van der Waals surface area contributed by atoms with Gasteiger partial charge in [-0.3, -0.25) is 4.79 Å². The number of hydrogen-bond donors (Lipinski definition) is 0. The average molecular weight is 272 g/mol. The molecule has 2 nitrogen and oxygen atoms in total. The molecule has 0 heterocycles. The first-order valence-electron chi connectivity index (χ1n) is 7.23. The van der Waals surface area contributed by atoms with Gasteiger partial charge in [0.25, 0.3) is 0 Å². The Bertz CT molecular complexity index is 422. The van der Waals surface area contributed by atoms with Crippen LogP contribution < -0.4 is 0 Å². The molecule has 0 unspecified atom stereocenters. The SMILES string of the molecule is CCCCCCCC=CCC#CC#CC=COC(C)=O. The van der Waals surface area contributed by atoms with Gasteiger partial charge in [0, 0.05) is 19.4 Å². The van der Waals surface area contributed by atoms with E-state index >= 15 is 0 Å². The molecule has 0 amide bonds. The lowest BCUT2D eigenvalue weighted by Crippen LogP contribution is -1.88. The average Bonchev–Trinajstić information content (AvgIpc) is 2.43. The molecule has 0 aliphatic heterocycles. The minimum Gasteiger partial charge on any atom is -0.434 e. The molecule has 0 atom stereocenters. The van der Waals surface area contributed by atoms with Crippen LogP contribution in [0.15, 0.2) is 24.5 Å². The smallest absolute Gasteiger partial charge is 0.307 e. The van der Waals surface area contributed by atoms with E-state index in [0.29, 0.717) is 0 Å². The van der Waals surface area contributed by atoms with Gasteiger partial charge in [-0.05, 0) is 24.7 Å². The Morgan fingerprint density at radius 1 is 1.10 bits per heavy atom. The second-order valence-electron chi connectivity index (χ2n) is 4.36. The summed E-state index contributed by atoms with van der Waals surface area (Å²) in [5.41, 5.74) is 0. The highest BCUT2D eigenvalue weighted by Gasteiger charge is 1.85.